The zero-order valence-corrected chi connectivity index (χ0v) is 42.0. The van der Waals surface area contributed by atoms with Gasteiger partial charge in [0.2, 0.25) is 0 Å². The molecule has 0 saturated heterocycles. The Morgan fingerprint density at radius 2 is 0.721 bits per heavy atom. The zero-order chi connectivity index (χ0) is 45.8. The molecule has 0 aliphatic heterocycles. The summed E-state index contributed by atoms with van der Waals surface area (Å²) in [6.45, 7) is 0. The zero-order valence-electron chi connectivity index (χ0n) is 36.7. The van der Waals surface area contributed by atoms with Crippen molar-refractivity contribution in [1.29, 1.82) is 0 Å². The third-order valence-electron chi connectivity index (χ3n) is 13.2. The van der Waals surface area contributed by atoms with Crippen LogP contribution in [0.4, 0.5) is 5.69 Å². The molecule has 0 atom stereocenters. The molecule has 0 amide bonds. The highest BCUT2D eigenvalue weighted by Gasteiger charge is 2.47. The molecule has 1 nitrogen and oxygen atoms in total. The molecule has 0 radical (unpaired) electrons. The summed E-state index contributed by atoms with van der Waals surface area (Å²) in [7, 11) is 0. The van der Waals surface area contributed by atoms with E-state index in [1.165, 1.54) is 81.5 Å². The lowest BCUT2D eigenvalue weighted by Crippen LogP contribution is -2.28. The molecule has 0 fully saturated rings. The number of halogens is 3. The molecule has 2 N–H and O–H groups in total. The first-order valence-electron chi connectivity index (χ1n) is 22.5. The average molecular weight is 1120 g/mol. The van der Waals surface area contributed by atoms with Gasteiger partial charge in [0.25, 0.3) is 0 Å². The van der Waals surface area contributed by atoms with Gasteiger partial charge in [-0.15, -0.1) is 0 Å². The van der Waals surface area contributed by atoms with E-state index in [-0.39, 0.29) is 18.3 Å². The fraction of sp³-hybridized carbons (Fsp3) is 0.0625. The quantitative estimate of drug-likeness (QED) is 0.130. The number of anilines is 1. The first kappa shape index (κ1) is 46.8. The van der Waals surface area contributed by atoms with E-state index in [2.05, 4.69) is 285 Å². The van der Waals surface area contributed by atoms with Gasteiger partial charge < -0.3 is 5.73 Å². The van der Waals surface area contributed by atoms with Crippen molar-refractivity contribution >= 4 is 60.1 Å². The summed E-state index contributed by atoms with van der Waals surface area (Å²) < 4.78 is 3.39. The first-order valence-corrected chi connectivity index (χ1v) is 25.2. The van der Waals surface area contributed by atoms with Crippen molar-refractivity contribution in [1.82, 2.24) is 0 Å². The highest BCUT2D eigenvalue weighted by molar-refractivity contribution is 14.1. The van der Waals surface area contributed by atoms with Crippen LogP contribution in [0.25, 0.3) is 22.3 Å². The molecule has 0 aromatic heterocycles. The van der Waals surface area contributed by atoms with Crippen LogP contribution in [0.1, 0.15) is 63.1 Å². The third kappa shape index (κ3) is 8.48. The maximum atomic E-state index is 5.47. The average Bonchev–Trinajstić information content (AvgIpc) is 3.85. The number of hydrogen-bond acceptors (Lipinski definition) is 1. The molecule has 0 spiro atoms. The second-order valence-electron chi connectivity index (χ2n) is 16.9. The van der Waals surface area contributed by atoms with Crippen LogP contribution in [0, 0.1) is 3.57 Å². The van der Waals surface area contributed by atoms with Gasteiger partial charge in [0.1, 0.15) is 0 Å². The van der Waals surface area contributed by atoms with E-state index >= 15 is 0 Å². The van der Waals surface area contributed by atoms with Crippen molar-refractivity contribution in [2.24, 2.45) is 0 Å². The van der Waals surface area contributed by atoms with E-state index in [1.807, 2.05) is 24.3 Å². The Morgan fingerprint density at radius 1 is 0.353 bits per heavy atom. The van der Waals surface area contributed by atoms with Crippen LogP contribution in [0.2, 0.25) is 0 Å². The minimum absolute atomic E-state index is 0. The van der Waals surface area contributed by atoms with Crippen LogP contribution in [0.3, 0.4) is 0 Å². The van der Waals surface area contributed by atoms with E-state index in [0.717, 1.165) is 21.1 Å². The monoisotopic (exact) mass is 1120 g/mol. The number of fused-ring (bicyclic) bond motifs is 6. The Hall–Kier alpha value is -6.31. The molecular formula is C64H50Br2IN. The van der Waals surface area contributed by atoms with Crippen LogP contribution in [-0.2, 0) is 17.3 Å². The standard InChI is InChI=1S/C32H23Br.C25H17I.C6H6BrN.CH4/c33-31-18-10-7-11-24(31)21-23-19-20-28-27-16-8-9-17-29(27)32(30(28)22-23,25-12-3-1-4-13-25)26-14-5-2-6-15-26;26-20-15-16-22-21-13-7-8-14-23(21)25(24(22)17-20,18-9-3-1-4-10-18)19-11-5-2-6-12-19;7-5-3-1-2-4-6(5)8;/h1-20,22H,21H2;1-17H;1-4H,8H2;1H4. The van der Waals surface area contributed by atoms with E-state index in [4.69, 9.17) is 5.73 Å². The highest BCUT2D eigenvalue weighted by Crippen LogP contribution is 2.57. The maximum Gasteiger partial charge on any atom is 0.0713 e. The van der Waals surface area contributed by atoms with E-state index in [1.54, 1.807) is 0 Å². The van der Waals surface area contributed by atoms with Crippen LogP contribution in [0.5, 0.6) is 0 Å². The molecule has 10 aromatic rings. The van der Waals surface area contributed by atoms with Gasteiger partial charge in [0, 0.05) is 18.2 Å². The second-order valence-corrected chi connectivity index (χ2v) is 19.9. The van der Waals surface area contributed by atoms with Crippen LogP contribution < -0.4 is 5.73 Å². The number of hydrogen-bond donors (Lipinski definition) is 1. The minimum Gasteiger partial charge on any atom is -0.398 e. The minimum atomic E-state index is -0.335. The molecule has 68 heavy (non-hydrogen) atoms. The lowest BCUT2D eigenvalue weighted by molar-refractivity contribution is 0.767. The predicted molar refractivity (Wildman–Crippen MR) is 302 cm³/mol. The fourth-order valence-electron chi connectivity index (χ4n) is 10.4. The largest absolute Gasteiger partial charge is 0.398 e. The van der Waals surface area contributed by atoms with Crippen molar-refractivity contribution in [2.75, 3.05) is 5.73 Å². The maximum absolute atomic E-state index is 5.47. The first-order chi connectivity index (χ1) is 32.9. The molecule has 4 heteroatoms. The van der Waals surface area contributed by atoms with Crippen molar-refractivity contribution in [3.8, 4) is 22.3 Å². The molecule has 2 aliphatic rings. The SMILES string of the molecule is Brc1ccccc1Cc1ccc2c(c1)C(c1ccccc1)(c1ccccc1)c1ccccc1-2.C.Ic1ccc2c(c1)C(c1ccccc1)(c1ccccc1)c1ccccc1-2.Nc1ccccc1Br. The smallest absolute Gasteiger partial charge is 0.0713 e. The van der Waals surface area contributed by atoms with Gasteiger partial charge in [0.15, 0.2) is 0 Å². The van der Waals surface area contributed by atoms with Crippen LogP contribution in [-0.4, -0.2) is 0 Å². The van der Waals surface area contributed by atoms with Crippen LogP contribution >= 0.6 is 54.5 Å². The molecular weight excluding hydrogens is 1070 g/mol. The molecule has 2 aliphatic carbocycles. The Balaban J connectivity index is 0.000000147. The van der Waals surface area contributed by atoms with E-state index < -0.39 is 0 Å². The van der Waals surface area contributed by atoms with Crippen molar-refractivity contribution in [2.45, 2.75) is 24.7 Å². The lowest BCUT2D eigenvalue weighted by Gasteiger charge is -2.34. The van der Waals surface area contributed by atoms with Gasteiger partial charge in [-0.05, 0) is 153 Å². The van der Waals surface area contributed by atoms with Crippen LogP contribution in [0.15, 0.2) is 264 Å². The summed E-state index contributed by atoms with van der Waals surface area (Å²) in [5.74, 6) is 0. The Kier molecular flexibility index (Phi) is 14.1. The topological polar surface area (TPSA) is 26.0 Å². The molecule has 0 heterocycles. The fourth-order valence-corrected chi connectivity index (χ4v) is 11.6. The van der Waals surface area contributed by atoms with Gasteiger partial charge in [0.05, 0.1) is 10.8 Å². The van der Waals surface area contributed by atoms with Gasteiger partial charge in [-0.1, -0.05) is 248 Å². The Labute approximate surface area is 432 Å². The normalized spacial score (nSPS) is 12.9. The summed E-state index contributed by atoms with van der Waals surface area (Å²) in [6.07, 6.45) is 0.894. The number of para-hydroxylation sites is 1. The third-order valence-corrected chi connectivity index (χ3v) is 15.4. The summed E-state index contributed by atoms with van der Waals surface area (Å²) in [4.78, 5) is 0. The summed E-state index contributed by atoms with van der Waals surface area (Å²) >= 11 is 9.43. The summed E-state index contributed by atoms with van der Waals surface area (Å²) in [6, 6.07) is 91.6. The van der Waals surface area contributed by atoms with Gasteiger partial charge >= 0.3 is 0 Å². The van der Waals surface area contributed by atoms with Gasteiger partial charge in [-0.25, -0.2) is 0 Å². The summed E-state index contributed by atoms with van der Waals surface area (Å²) in [5, 5.41) is 0. The number of rotatable bonds is 6. The molecule has 0 unspecified atom stereocenters. The molecule has 12 rings (SSSR count). The van der Waals surface area contributed by atoms with Gasteiger partial charge in [-0.2, -0.15) is 0 Å². The van der Waals surface area contributed by atoms with Crippen molar-refractivity contribution < 1.29 is 0 Å². The number of benzene rings is 10. The van der Waals surface area contributed by atoms with Gasteiger partial charge in [-0.3, -0.25) is 0 Å². The van der Waals surface area contributed by atoms with E-state index in [9.17, 15) is 0 Å². The van der Waals surface area contributed by atoms with Crippen molar-refractivity contribution in [3.05, 3.63) is 323 Å². The molecule has 0 saturated carbocycles. The lowest BCUT2D eigenvalue weighted by atomic mass is 9.67. The Bertz CT molecular complexity index is 3220. The predicted octanol–water partition coefficient (Wildman–Crippen LogP) is 17.7. The number of nitrogens with two attached hydrogens (primary N) is 1. The van der Waals surface area contributed by atoms with E-state index in [0.29, 0.717) is 0 Å². The summed E-state index contributed by atoms with van der Waals surface area (Å²) in [5.41, 5.74) is 24.3. The number of nitrogen functional groups attached to an aromatic ring is 1. The second kappa shape index (κ2) is 20.5. The molecule has 332 valence electrons. The van der Waals surface area contributed by atoms with Crippen molar-refractivity contribution in [3.63, 3.8) is 0 Å². The molecule has 10 aromatic carbocycles. The highest BCUT2D eigenvalue weighted by atomic mass is 127. The Morgan fingerprint density at radius 3 is 1.16 bits per heavy atom. The molecule has 0 bridgehead atoms.